The van der Waals surface area contributed by atoms with E-state index in [-0.39, 0.29) is 29.8 Å². The van der Waals surface area contributed by atoms with Crippen LogP contribution in [0.15, 0.2) is 52.9 Å². The van der Waals surface area contributed by atoms with Crippen LogP contribution in [0.4, 0.5) is 0 Å². The number of carbonyl (C=O) groups is 4. The summed E-state index contributed by atoms with van der Waals surface area (Å²) < 4.78 is 11.1. The van der Waals surface area contributed by atoms with E-state index < -0.39 is 42.7 Å². The number of nitrogens with zero attached hydrogens (tertiary/aromatic N) is 1. The van der Waals surface area contributed by atoms with Crippen LogP contribution in [0.25, 0.3) is 10.8 Å². The molecule has 206 valence electrons. The lowest BCUT2D eigenvalue weighted by Gasteiger charge is -2.30. The molecule has 0 bridgehead atoms. The molecule has 0 spiro atoms. The van der Waals surface area contributed by atoms with Crippen LogP contribution in [-0.4, -0.2) is 57.7 Å². The number of amidine groups is 1. The fourth-order valence-electron chi connectivity index (χ4n) is 4.48. The van der Waals surface area contributed by atoms with E-state index >= 15 is 0 Å². The Morgan fingerprint density at radius 2 is 1.67 bits per heavy atom. The fourth-order valence-corrected chi connectivity index (χ4v) is 4.48. The molecular formula is C28H31N3O8. The molecule has 3 rings (SSSR count). The minimum atomic E-state index is -1.34. The first-order valence-corrected chi connectivity index (χ1v) is 12.2. The average Bonchev–Trinajstić information content (AvgIpc) is 3.31. The van der Waals surface area contributed by atoms with Crippen LogP contribution < -0.4 is 10.5 Å². The van der Waals surface area contributed by atoms with Gasteiger partial charge in [0.05, 0.1) is 24.9 Å². The van der Waals surface area contributed by atoms with Crippen molar-refractivity contribution >= 4 is 40.3 Å². The van der Waals surface area contributed by atoms with Crippen molar-refractivity contribution in [3.8, 4) is 5.75 Å². The van der Waals surface area contributed by atoms with Gasteiger partial charge in [-0.2, -0.15) is 0 Å². The quantitative estimate of drug-likeness (QED) is 0.109. The first-order chi connectivity index (χ1) is 18.3. The number of benzene rings is 2. The van der Waals surface area contributed by atoms with E-state index in [2.05, 4.69) is 0 Å². The number of rotatable bonds is 13. The van der Waals surface area contributed by atoms with Gasteiger partial charge in [-0.3, -0.25) is 24.7 Å². The number of ether oxygens (including phenoxy) is 1. The molecule has 0 aliphatic carbocycles. The zero-order valence-electron chi connectivity index (χ0n) is 21.8. The number of carbonyl (C=O) groups excluding carboxylic acids is 2. The van der Waals surface area contributed by atoms with Gasteiger partial charge in [0, 0.05) is 12.0 Å². The molecule has 0 saturated carbocycles. The van der Waals surface area contributed by atoms with Gasteiger partial charge >= 0.3 is 17.9 Å². The number of hydrogen-bond donors (Lipinski definition) is 4. The summed E-state index contributed by atoms with van der Waals surface area (Å²) in [7, 11) is 1.67. The zero-order chi connectivity index (χ0) is 28.9. The number of hydrogen-bond acceptors (Lipinski definition) is 8. The Kier molecular flexibility index (Phi) is 9.20. The zero-order valence-corrected chi connectivity index (χ0v) is 21.8. The number of esters is 1. The molecule has 0 amide bonds. The molecule has 0 radical (unpaired) electrons. The number of carboxylic acid groups (broad SMARTS) is 2. The van der Waals surface area contributed by atoms with E-state index in [9.17, 15) is 24.3 Å². The van der Waals surface area contributed by atoms with Crippen LogP contribution in [-0.2, 0) is 20.9 Å². The summed E-state index contributed by atoms with van der Waals surface area (Å²) in [4.78, 5) is 49.7. The van der Waals surface area contributed by atoms with Crippen molar-refractivity contribution in [3.05, 3.63) is 65.6 Å². The normalized spacial score (nSPS) is 12.8. The Labute approximate surface area is 224 Å². The Hall–Kier alpha value is -4.51. The Morgan fingerprint density at radius 3 is 2.28 bits per heavy atom. The van der Waals surface area contributed by atoms with Crippen LogP contribution in [0.3, 0.4) is 0 Å². The summed E-state index contributed by atoms with van der Waals surface area (Å²) in [5, 5.41) is 27.5. The molecule has 0 fully saturated rings. The number of ketones is 1. The number of nitrogens with one attached hydrogen (secondary N) is 1. The monoisotopic (exact) mass is 537 g/mol. The number of likely N-dealkylation sites (N-methyl/N-ethyl adjacent to an activating group) is 1. The number of nitrogens with two attached hydrogens (primary N) is 1. The topological polar surface area (TPSA) is 184 Å². The summed E-state index contributed by atoms with van der Waals surface area (Å²) in [6, 6.07) is 12.7. The van der Waals surface area contributed by atoms with Crippen molar-refractivity contribution in [2.24, 2.45) is 17.6 Å². The molecule has 1 aromatic heterocycles. The lowest BCUT2D eigenvalue weighted by molar-refractivity contribution is -0.150. The van der Waals surface area contributed by atoms with Crippen molar-refractivity contribution < 1.29 is 38.5 Å². The van der Waals surface area contributed by atoms with Gasteiger partial charge in [-0.25, -0.2) is 4.79 Å². The number of aliphatic carboxylic acids is 2. The summed E-state index contributed by atoms with van der Waals surface area (Å²) in [5.74, 6) is -4.62. The van der Waals surface area contributed by atoms with Gasteiger partial charge in [0.2, 0.25) is 5.76 Å². The third kappa shape index (κ3) is 7.51. The lowest BCUT2D eigenvalue weighted by Crippen LogP contribution is -2.43. The van der Waals surface area contributed by atoms with E-state index in [1.54, 1.807) is 68.3 Å². The first kappa shape index (κ1) is 29.1. The minimum Gasteiger partial charge on any atom is -0.481 e. The number of Topliss-reactive ketones (excluding diaryl/α,β-unsaturated/α-hetero) is 1. The van der Waals surface area contributed by atoms with Crippen LogP contribution >= 0.6 is 0 Å². The maximum Gasteiger partial charge on any atom is 0.379 e. The van der Waals surface area contributed by atoms with E-state index in [0.29, 0.717) is 17.1 Å². The summed E-state index contributed by atoms with van der Waals surface area (Å²) in [6.07, 6.45) is -1.05. The molecule has 11 nitrogen and oxygen atoms in total. The molecule has 0 aliphatic rings. The molecule has 2 atom stereocenters. The van der Waals surface area contributed by atoms with Gasteiger partial charge in [-0.05, 0) is 54.1 Å². The van der Waals surface area contributed by atoms with Gasteiger partial charge < -0.3 is 25.1 Å². The van der Waals surface area contributed by atoms with Gasteiger partial charge in [0.1, 0.15) is 17.3 Å². The highest BCUT2D eigenvalue weighted by molar-refractivity contribution is 5.99. The Balaban J connectivity index is 1.67. The maximum absolute atomic E-state index is 13.0. The second-order valence-corrected chi connectivity index (χ2v) is 9.70. The smallest absolute Gasteiger partial charge is 0.379 e. The SMILES string of the molecule is CC(C)[C@@H](C(=O)C[C@@H](CC(=O)O)C(=O)O)N(C)Cc1ccc(C(=O)Oc2ccc3cc(C(=N)N)ccc3c2)o1. The first-order valence-electron chi connectivity index (χ1n) is 12.2. The van der Waals surface area contributed by atoms with Crippen LogP contribution in [0.2, 0.25) is 0 Å². The summed E-state index contributed by atoms with van der Waals surface area (Å²) in [5.41, 5.74) is 6.12. The number of carboxylic acids is 2. The molecular weight excluding hydrogens is 506 g/mol. The van der Waals surface area contributed by atoms with Gasteiger partial charge in [-0.1, -0.05) is 32.0 Å². The maximum atomic E-state index is 13.0. The highest BCUT2D eigenvalue weighted by Gasteiger charge is 2.32. The van der Waals surface area contributed by atoms with Crippen LogP contribution in [0, 0.1) is 17.2 Å². The molecule has 0 unspecified atom stereocenters. The van der Waals surface area contributed by atoms with Crippen molar-refractivity contribution in [2.75, 3.05) is 7.05 Å². The molecule has 5 N–H and O–H groups in total. The summed E-state index contributed by atoms with van der Waals surface area (Å²) >= 11 is 0. The van der Waals surface area contributed by atoms with Crippen molar-refractivity contribution in [1.29, 1.82) is 5.41 Å². The standard InChI is InChI=1S/C28H31N3O8/c1-15(2)25(22(32)12-19(27(35)36)13-24(33)34)31(3)14-21-8-9-23(38-21)28(37)39-20-7-6-16-10-18(26(29)30)5-4-17(16)11-20/h4-11,15,19,25H,12-14H2,1-3H3,(H3,29,30)(H,33,34)(H,35,36)/t19-,25-/m0/s1. The third-order valence-electron chi connectivity index (χ3n) is 6.26. The van der Waals surface area contributed by atoms with Crippen LogP contribution in [0.5, 0.6) is 5.75 Å². The fraction of sp³-hybridized carbons (Fsp3) is 0.321. The average molecular weight is 538 g/mol. The number of fused-ring (bicyclic) bond motifs is 1. The van der Waals surface area contributed by atoms with E-state index in [1.165, 1.54) is 6.07 Å². The second kappa shape index (κ2) is 12.4. The lowest BCUT2D eigenvalue weighted by atomic mass is 9.90. The van der Waals surface area contributed by atoms with E-state index in [1.807, 2.05) is 0 Å². The van der Waals surface area contributed by atoms with Crippen molar-refractivity contribution in [3.63, 3.8) is 0 Å². The van der Waals surface area contributed by atoms with Crippen molar-refractivity contribution in [2.45, 2.75) is 39.3 Å². The Bertz CT molecular complexity index is 1410. The minimum absolute atomic E-state index is 0.0368. The third-order valence-corrected chi connectivity index (χ3v) is 6.26. The largest absolute Gasteiger partial charge is 0.481 e. The highest BCUT2D eigenvalue weighted by atomic mass is 16.5. The number of nitrogen functional groups attached to an aromatic ring is 1. The van der Waals surface area contributed by atoms with Crippen molar-refractivity contribution in [1.82, 2.24) is 4.90 Å². The van der Waals surface area contributed by atoms with E-state index in [4.69, 9.17) is 25.4 Å². The summed E-state index contributed by atoms with van der Waals surface area (Å²) in [6.45, 7) is 3.76. The molecule has 0 saturated heterocycles. The molecule has 1 heterocycles. The van der Waals surface area contributed by atoms with E-state index in [0.717, 1.165) is 10.8 Å². The Morgan fingerprint density at radius 1 is 1.00 bits per heavy atom. The predicted octanol–water partition coefficient (Wildman–Crippen LogP) is 3.53. The molecule has 11 heteroatoms. The van der Waals surface area contributed by atoms with Gasteiger partial charge in [0.15, 0.2) is 5.78 Å². The molecule has 0 aliphatic heterocycles. The van der Waals surface area contributed by atoms with Crippen LogP contribution in [0.1, 0.15) is 48.6 Å². The predicted molar refractivity (Wildman–Crippen MR) is 142 cm³/mol. The second-order valence-electron chi connectivity index (χ2n) is 9.70. The highest BCUT2D eigenvalue weighted by Crippen LogP contribution is 2.24. The van der Waals surface area contributed by atoms with Gasteiger partial charge in [-0.15, -0.1) is 0 Å². The number of furan rings is 1. The molecule has 2 aromatic carbocycles. The molecule has 39 heavy (non-hydrogen) atoms. The van der Waals surface area contributed by atoms with Gasteiger partial charge in [0.25, 0.3) is 0 Å². The molecule has 3 aromatic rings.